The van der Waals surface area contributed by atoms with Crippen molar-refractivity contribution in [2.45, 2.75) is 0 Å². The normalized spacial score (nSPS) is 11.9. The van der Waals surface area contributed by atoms with Crippen LogP contribution in [-0.2, 0) is 0 Å². The van der Waals surface area contributed by atoms with Gasteiger partial charge in [0.25, 0.3) is 0 Å². The second-order valence-corrected chi connectivity index (χ2v) is 26.9. The van der Waals surface area contributed by atoms with Crippen molar-refractivity contribution in [1.29, 1.82) is 0 Å². The summed E-state index contributed by atoms with van der Waals surface area (Å²) in [6.45, 7) is 15.6. The Hall–Kier alpha value is -14.1. The predicted octanol–water partition coefficient (Wildman–Crippen LogP) is 25.8. The second-order valence-electron chi connectivity index (χ2n) is 26.9. The zero-order valence-corrected chi connectivity index (χ0v) is 54.7. The van der Waals surface area contributed by atoms with Gasteiger partial charge < -0.3 is 9.13 Å². The van der Waals surface area contributed by atoms with Gasteiger partial charge in [-0.15, -0.1) is 0 Å². The summed E-state index contributed by atoms with van der Waals surface area (Å²) in [7, 11) is 0. The molecule has 22 rings (SSSR count). The number of pyridine rings is 3. The van der Waals surface area contributed by atoms with Crippen LogP contribution in [0.5, 0.6) is 0 Å². The molecule has 0 aliphatic rings. The van der Waals surface area contributed by atoms with Crippen molar-refractivity contribution in [3.8, 4) is 78.7 Å². The Bertz CT molecular complexity index is 6670. The van der Waals surface area contributed by atoms with Crippen LogP contribution in [0.2, 0.25) is 0 Å². The summed E-state index contributed by atoms with van der Waals surface area (Å²) in [6, 6.07) is 111. The lowest BCUT2D eigenvalue weighted by Gasteiger charge is -2.15. The quantitative estimate of drug-likeness (QED) is 0.113. The second kappa shape index (κ2) is 22.2. The van der Waals surface area contributed by atoms with Crippen molar-refractivity contribution in [3.05, 3.63) is 345 Å². The van der Waals surface area contributed by atoms with Crippen LogP contribution >= 0.6 is 0 Å². The minimum absolute atomic E-state index is 0.652. The Labute approximate surface area is 584 Å². The Morgan fingerprint density at radius 3 is 0.814 bits per heavy atom. The minimum atomic E-state index is 0.652. The summed E-state index contributed by atoms with van der Waals surface area (Å²) < 4.78 is 4.66. The van der Waals surface area contributed by atoms with E-state index in [0.29, 0.717) is 11.4 Å². The van der Waals surface area contributed by atoms with E-state index < -0.39 is 0 Å². The molecule has 0 unspecified atom stereocenters. The fourth-order valence-electron chi connectivity index (χ4n) is 16.6. The summed E-state index contributed by atoms with van der Waals surface area (Å²) in [4.78, 5) is 21.9. The fourth-order valence-corrected chi connectivity index (χ4v) is 16.6. The molecule has 0 N–H and O–H groups in total. The molecule has 5 heterocycles. The highest BCUT2D eigenvalue weighted by atomic mass is 15.0. The molecule has 0 bridgehead atoms. The van der Waals surface area contributed by atoms with Crippen LogP contribution in [0.4, 0.5) is 11.4 Å². The highest BCUT2D eigenvalue weighted by Crippen LogP contribution is 2.48. The topological polar surface area (TPSA) is 57.2 Å². The maximum Gasteiger partial charge on any atom is 0.189 e. The van der Waals surface area contributed by atoms with Crippen LogP contribution in [0, 0.1) is 13.1 Å². The third-order valence-electron chi connectivity index (χ3n) is 21.1. The van der Waals surface area contributed by atoms with Crippen LogP contribution in [0.3, 0.4) is 0 Å². The summed E-state index contributed by atoms with van der Waals surface area (Å²) in [5.74, 6) is 0. The third kappa shape index (κ3) is 8.89. The molecule has 102 heavy (non-hydrogen) atoms. The van der Waals surface area contributed by atoms with Gasteiger partial charge in [-0.05, 0) is 266 Å². The molecule has 0 saturated heterocycles. The first-order chi connectivity index (χ1) is 50.4. The number of nitrogens with zero attached hydrogens (tertiary/aromatic N) is 7. The van der Waals surface area contributed by atoms with E-state index in [1.54, 1.807) is 12.4 Å². The monoisotopic (exact) mass is 1290 g/mol. The lowest BCUT2D eigenvalue weighted by Crippen LogP contribution is -1.93. The molecule has 22 aromatic rings. The first-order valence-electron chi connectivity index (χ1n) is 34.3. The van der Waals surface area contributed by atoms with Crippen molar-refractivity contribution in [3.63, 3.8) is 0 Å². The molecule has 7 heteroatoms. The summed E-state index contributed by atoms with van der Waals surface area (Å²) in [5, 5.41) is 24.4. The van der Waals surface area contributed by atoms with Crippen molar-refractivity contribution >= 4 is 141 Å². The van der Waals surface area contributed by atoms with Crippen LogP contribution in [0.15, 0.2) is 322 Å². The van der Waals surface area contributed by atoms with Gasteiger partial charge in [0.05, 0.1) is 47.0 Å². The van der Waals surface area contributed by atoms with Gasteiger partial charge in [0, 0.05) is 78.6 Å². The van der Waals surface area contributed by atoms with E-state index in [1.165, 1.54) is 119 Å². The Morgan fingerprint density at radius 1 is 0.216 bits per heavy atom. The van der Waals surface area contributed by atoms with Gasteiger partial charge in [0.2, 0.25) is 0 Å². The van der Waals surface area contributed by atoms with Crippen LogP contribution in [0.1, 0.15) is 0 Å². The molecule has 7 nitrogen and oxygen atoms in total. The number of rotatable bonds is 8. The van der Waals surface area contributed by atoms with Crippen molar-refractivity contribution < 1.29 is 0 Å². The Morgan fingerprint density at radius 2 is 0.480 bits per heavy atom. The molecule has 0 spiro atoms. The molecule has 17 aromatic carbocycles. The molecule has 0 radical (unpaired) electrons. The Kier molecular flexibility index (Phi) is 12.4. The van der Waals surface area contributed by atoms with Crippen molar-refractivity contribution in [2.75, 3.05) is 0 Å². The highest BCUT2D eigenvalue weighted by molar-refractivity contribution is 6.30. The smallest absolute Gasteiger partial charge is 0.189 e. The number of para-hydroxylation sites is 2. The van der Waals surface area contributed by atoms with Crippen LogP contribution < -0.4 is 0 Å². The predicted molar refractivity (Wildman–Crippen MR) is 425 cm³/mol. The largest absolute Gasteiger partial charge is 0.310 e. The van der Waals surface area contributed by atoms with E-state index in [-0.39, 0.29) is 0 Å². The molecule has 0 amide bonds. The minimum Gasteiger partial charge on any atom is -0.310 e. The lowest BCUT2D eigenvalue weighted by atomic mass is 9.89. The lowest BCUT2D eigenvalue weighted by molar-refractivity contribution is 1.18. The zero-order chi connectivity index (χ0) is 67.3. The van der Waals surface area contributed by atoms with Gasteiger partial charge in [-0.25, -0.2) is 19.7 Å². The van der Waals surface area contributed by atoms with E-state index in [4.69, 9.17) is 23.1 Å². The average molecular weight is 1290 g/mol. The highest BCUT2D eigenvalue weighted by Gasteiger charge is 2.23. The van der Waals surface area contributed by atoms with Crippen molar-refractivity contribution in [2.24, 2.45) is 0 Å². The summed E-state index contributed by atoms with van der Waals surface area (Å²) in [5.41, 5.74) is 20.9. The van der Waals surface area contributed by atoms with Crippen LogP contribution in [-0.4, -0.2) is 24.1 Å². The summed E-state index contributed by atoms with van der Waals surface area (Å²) in [6.07, 6.45) is 3.61. The average Bonchev–Trinajstić information content (AvgIpc) is 1.56. The van der Waals surface area contributed by atoms with Crippen molar-refractivity contribution in [1.82, 2.24) is 24.1 Å². The molecule has 0 fully saturated rings. The fraction of sp³-hybridized carbons (Fsp3) is 0. The summed E-state index contributed by atoms with van der Waals surface area (Å²) >= 11 is 0. The van der Waals surface area contributed by atoms with E-state index in [2.05, 4.69) is 273 Å². The van der Waals surface area contributed by atoms with Gasteiger partial charge in [-0.3, -0.25) is 4.98 Å². The first kappa shape index (κ1) is 57.0. The molecule has 0 saturated carbocycles. The van der Waals surface area contributed by atoms with E-state index in [9.17, 15) is 0 Å². The van der Waals surface area contributed by atoms with E-state index >= 15 is 0 Å². The standard InChI is InChI=1S/C48H27N3.C47H26N4/c1-49-39-26-35-20-19-34-23-37(27-43-47(34)48(35)44(28-39)51(43)40-11-6-3-7-12-40)36-21-30-15-17-32-24-38(25-33-18-16-31(22-36)45(30)46(32)33)42-14-8-13-41(50-42)29-9-4-2-5-10-29;1-48-38-25-34-15-14-33-22-36(26-42-46(33)47(34)43(27-38)51(42)39-6-3-2-4-7-39)35-20-29-10-12-31-23-37(24-32-13-11-30(21-35)44(29)45(31)32)41-9-5-8-40(50-41)28-16-18-49-19-17-28/h2-28H;2-27H. The number of benzene rings is 17. The molecule has 0 atom stereocenters. The molecule has 5 aromatic heterocycles. The molecular formula is C95H53N7. The Balaban J connectivity index is 0.000000133. The first-order valence-corrected chi connectivity index (χ1v) is 34.3. The van der Waals surface area contributed by atoms with Gasteiger partial charge in [0.1, 0.15) is 0 Å². The SMILES string of the molecule is [C-]#[N+]c1cc2ccc3cc(-c4cc5ccc6cc(-c7cccc(-c8ccccc8)n7)cc7ccc(c4)c5c67)cc4c3c2c(c1)n4-c1ccccc1.[C-]#[N+]c1cc2ccc3cc(-c4cc5ccc6cc(-c7cccc(-c8ccncc8)n7)cc7ccc(c4)c5c67)cc4c3c2c(c1)n4-c1ccccc1. The van der Waals surface area contributed by atoms with Crippen LogP contribution in [0.25, 0.3) is 218 Å². The van der Waals surface area contributed by atoms with E-state index in [0.717, 1.165) is 89.2 Å². The maximum atomic E-state index is 7.79. The molecular weight excluding hydrogens is 1240 g/mol. The zero-order valence-electron chi connectivity index (χ0n) is 54.7. The van der Waals surface area contributed by atoms with Gasteiger partial charge in [-0.2, -0.15) is 0 Å². The maximum absolute atomic E-state index is 7.79. The number of hydrogen-bond donors (Lipinski definition) is 0. The molecule has 468 valence electrons. The van der Waals surface area contributed by atoms with Gasteiger partial charge in [-0.1, -0.05) is 152 Å². The molecule has 0 aliphatic carbocycles. The number of aromatic nitrogens is 5. The van der Waals surface area contributed by atoms with Gasteiger partial charge >= 0.3 is 0 Å². The molecule has 0 aliphatic heterocycles. The van der Waals surface area contributed by atoms with Gasteiger partial charge in [0.15, 0.2) is 11.4 Å². The number of hydrogen-bond acceptors (Lipinski definition) is 3. The third-order valence-corrected chi connectivity index (χ3v) is 21.1. The van der Waals surface area contributed by atoms with E-state index in [1.807, 2.05) is 60.7 Å².